The molecule has 0 saturated heterocycles. The van der Waals surface area contributed by atoms with E-state index in [1.807, 2.05) is 12.1 Å². The summed E-state index contributed by atoms with van der Waals surface area (Å²) in [6.07, 6.45) is 0. The second kappa shape index (κ2) is 7.81. The molecule has 0 spiro atoms. The van der Waals surface area contributed by atoms with Gasteiger partial charge in [-0.1, -0.05) is 45.7 Å². The summed E-state index contributed by atoms with van der Waals surface area (Å²) in [6.45, 7) is 1.75. The van der Waals surface area contributed by atoms with Gasteiger partial charge in [0.25, 0.3) is 0 Å². The molecule has 0 bridgehead atoms. The van der Waals surface area contributed by atoms with E-state index in [2.05, 4.69) is 0 Å². The molecule has 0 fully saturated rings. The molecule has 2 aromatic carbocycles. The van der Waals surface area contributed by atoms with Crippen molar-refractivity contribution in [1.29, 1.82) is 0 Å². The van der Waals surface area contributed by atoms with Gasteiger partial charge in [0, 0.05) is 0 Å². The van der Waals surface area contributed by atoms with Crippen LogP contribution in [0.15, 0.2) is 60.7 Å². The van der Waals surface area contributed by atoms with Crippen LogP contribution in [-0.2, 0) is 18.4 Å². The average molecular weight is 310 g/mol. The molecule has 0 unspecified atom stereocenters. The normalized spacial score (nSPS) is 11.1. The maximum atomic E-state index is 12.2. The van der Waals surface area contributed by atoms with E-state index >= 15 is 0 Å². The number of phosphoric acid groups is 1. The summed E-state index contributed by atoms with van der Waals surface area (Å²) in [7, 11) is -3.99. The first-order chi connectivity index (χ1) is 10.2. The van der Waals surface area contributed by atoms with E-state index in [4.69, 9.17) is 23.6 Å². The van der Waals surface area contributed by atoms with Crippen LogP contribution in [0.1, 0.15) is 6.92 Å². The van der Waals surface area contributed by atoms with Crippen LogP contribution in [0.2, 0.25) is 0 Å². The van der Waals surface area contributed by atoms with E-state index in [0.717, 1.165) is 0 Å². The Hall–Kier alpha value is -1.85. The summed E-state index contributed by atoms with van der Waals surface area (Å²) in [5.41, 5.74) is 0. The molecule has 0 aliphatic heterocycles. The predicted octanol–water partition coefficient (Wildman–Crippen LogP) is 4.15. The molecular formula is C14H15O6P. The highest BCUT2D eigenvalue weighted by Crippen LogP contribution is 2.49. The van der Waals surface area contributed by atoms with Gasteiger partial charge in [-0.15, -0.1) is 0 Å². The zero-order valence-corrected chi connectivity index (χ0v) is 12.3. The predicted molar refractivity (Wildman–Crippen MR) is 75.5 cm³/mol. The smallest absolute Gasteiger partial charge is 0.327 e. The van der Waals surface area contributed by atoms with Crippen molar-refractivity contribution in [3.8, 4) is 11.5 Å². The highest BCUT2D eigenvalue weighted by atomic mass is 31.2. The van der Waals surface area contributed by atoms with Crippen LogP contribution in [-0.4, -0.2) is 6.61 Å². The second-order valence-electron chi connectivity index (χ2n) is 3.81. The fraction of sp³-hybridized carbons (Fsp3) is 0.143. The van der Waals surface area contributed by atoms with Crippen molar-refractivity contribution >= 4 is 7.82 Å². The maximum Gasteiger partial charge on any atom is 0.547 e. The second-order valence-corrected chi connectivity index (χ2v) is 5.26. The molecule has 0 aliphatic rings. The summed E-state index contributed by atoms with van der Waals surface area (Å²) in [5.74, 6) is 0.724. The van der Waals surface area contributed by atoms with Crippen molar-refractivity contribution < 1.29 is 28.2 Å². The highest BCUT2D eigenvalue weighted by Gasteiger charge is 2.31. The van der Waals surface area contributed by atoms with Crippen LogP contribution in [0.25, 0.3) is 0 Å². The Morgan fingerprint density at radius 3 is 1.62 bits per heavy atom. The number of rotatable bonds is 8. The Morgan fingerprint density at radius 2 is 1.24 bits per heavy atom. The van der Waals surface area contributed by atoms with Crippen molar-refractivity contribution in [2.24, 2.45) is 0 Å². The third-order valence-electron chi connectivity index (χ3n) is 2.22. The average Bonchev–Trinajstić information content (AvgIpc) is 2.54. The third-order valence-corrected chi connectivity index (χ3v) is 3.31. The monoisotopic (exact) mass is 310 g/mol. The van der Waals surface area contributed by atoms with Crippen molar-refractivity contribution in [3.05, 3.63) is 60.7 Å². The molecule has 0 saturated carbocycles. The highest BCUT2D eigenvalue weighted by molar-refractivity contribution is 7.48. The Labute approximate surface area is 122 Å². The molecule has 0 radical (unpaired) electrons. The van der Waals surface area contributed by atoms with Crippen LogP contribution in [0.4, 0.5) is 0 Å². The summed E-state index contributed by atoms with van der Waals surface area (Å²) < 4.78 is 26.7. The number of hydrogen-bond donors (Lipinski definition) is 0. The van der Waals surface area contributed by atoms with Gasteiger partial charge in [-0.25, -0.2) is 4.57 Å². The van der Waals surface area contributed by atoms with E-state index < -0.39 is 7.82 Å². The van der Waals surface area contributed by atoms with Crippen molar-refractivity contribution in [3.63, 3.8) is 0 Å². The minimum absolute atomic E-state index is 0.105. The third kappa shape index (κ3) is 5.21. The van der Waals surface area contributed by atoms with Gasteiger partial charge >= 0.3 is 7.82 Å². The Morgan fingerprint density at radius 1 is 0.810 bits per heavy atom. The van der Waals surface area contributed by atoms with Crippen molar-refractivity contribution in [1.82, 2.24) is 0 Å². The minimum Gasteiger partial charge on any atom is -0.327 e. The lowest BCUT2D eigenvalue weighted by atomic mass is 10.3. The van der Waals surface area contributed by atoms with Crippen LogP contribution in [0, 0.1) is 0 Å². The van der Waals surface area contributed by atoms with Crippen LogP contribution >= 0.6 is 7.82 Å². The molecule has 0 N–H and O–H groups in total. The summed E-state index contributed by atoms with van der Waals surface area (Å²) >= 11 is 0. The van der Waals surface area contributed by atoms with Crippen LogP contribution in [0.3, 0.4) is 0 Å². The molecule has 0 amide bonds. The van der Waals surface area contributed by atoms with E-state index in [-0.39, 0.29) is 6.61 Å². The molecule has 0 aliphatic carbocycles. The van der Waals surface area contributed by atoms with E-state index in [9.17, 15) is 4.57 Å². The topological polar surface area (TPSA) is 63.2 Å². The van der Waals surface area contributed by atoms with Gasteiger partial charge in [-0.2, -0.15) is 0 Å². The summed E-state index contributed by atoms with van der Waals surface area (Å²) in [4.78, 5) is 9.84. The van der Waals surface area contributed by atoms with Crippen LogP contribution < -0.4 is 9.78 Å². The molecule has 6 nitrogen and oxygen atoms in total. The lowest BCUT2D eigenvalue weighted by Gasteiger charge is -2.14. The first-order valence-electron chi connectivity index (χ1n) is 6.29. The maximum absolute atomic E-state index is 12.2. The molecule has 2 rings (SSSR count). The van der Waals surface area contributed by atoms with E-state index in [1.165, 1.54) is 0 Å². The number of benzene rings is 2. The van der Waals surface area contributed by atoms with E-state index in [0.29, 0.717) is 11.5 Å². The fourth-order valence-electron chi connectivity index (χ4n) is 1.34. The summed E-state index contributed by atoms with van der Waals surface area (Å²) in [6, 6.07) is 17.1. The Bertz CT molecular complexity index is 527. The largest absolute Gasteiger partial charge is 0.547 e. The quantitative estimate of drug-likeness (QED) is 0.414. The SMILES string of the molecule is CCOP(=O)(OOc1ccccc1)OOc1ccccc1. The molecule has 7 heteroatoms. The molecule has 0 aromatic heterocycles. The van der Waals surface area contributed by atoms with Crippen molar-refractivity contribution in [2.45, 2.75) is 6.92 Å². The molecule has 21 heavy (non-hydrogen) atoms. The molecule has 112 valence electrons. The van der Waals surface area contributed by atoms with Crippen LogP contribution in [0.5, 0.6) is 11.5 Å². The first-order valence-corrected chi connectivity index (χ1v) is 7.75. The lowest BCUT2D eigenvalue weighted by Crippen LogP contribution is -2.05. The Kier molecular flexibility index (Phi) is 5.78. The van der Waals surface area contributed by atoms with E-state index in [1.54, 1.807) is 55.5 Å². The van der Waals surface area contributed by atoms with Gasteiger partial charge in [-0.05, 0) is 31.2 Å². The molecule has 0 atom stereocenters. The molecular weight excluding hydrogens is 295 g/mol. The van der Waals surface area contributed by atoms with Gasteiger partial charge in [0.05, 0.1) is 6.61 Å². The van der Waals surface area contributed by atoms with Gasteiger partial charge in [-0.3, -0.25) is 4.52 Å². The zero-order chi connectivity index (χ0) is 15.0. The first kappa shape index (κ1) is 15.5. The Balaban J connectivity index is 1.94. The summed E-state index contributed by atoms with van der Waals surface area (Å²) in [5, 5.41) is 0. The number of para-hydroxylation sites is 2. The minimum atomic E-state index is -3.99. The van der Waals surface area contributed by atoms with Gasteiger partial charge in [0.2, 0.25) is 0 Å². The molecule has 2 aromatic rings. The zero-order valence-electron chi connectivity index (χ0n) is 11.4. The van der Waals surface area contributed by atoms with Gasteiger partial charge < -0.3 is 9.78 Å². The number of hydrogen-bond acceptors (Lipinski definition) is 6. The van der Waals surface area contributed by atoms with Gasteiger partial charge in [0.1, 0.15) is 0 Å². The fourth-order valence-corrected chi connectivity index (χ4v) is 2.12. The standard InChI is InChI=1S/C14H15O6P/c1-2-16-21(15,19-17-13-9-5-3-6-10-13)20-18-14-11-7-4-8-12-14/h3-12H,2H2,1H3. The molecule has 0 heterocycles. The van der Waals surface area contributed by atoms with Gasteiger partial charge in [0.15, 0.2) is 11.5 Å². The lowest BCUT2D eigenvalue weighted by molar-refractivity contribution is -0.192. The van der Waals surface area contributed by atoms with Crippen molar-refractivity contribution in [2.75, 3.05) is 6.61 Å².